The van der Waals surface area contributed by atoms with Crippen molar-refractivity contribution in [3.05, 3.63) is 53.7 Å². The third-order valence-electron chi connectivity index (χ3n) is 3.78. The van der Waals surface area contributed by atoms with Gasteiger partial charge < -0.3 is 9.80 Å². The first kappa shape index (κ1) is 14.4. The first-order valence-corrected chi connectivity index (χ1v) is 7.23. The molecule has 0 N–H and O–H groups in total. The van der Waals surface area contributed by atoms with Crippen LogP contribution in [0.15, 0.2) is 36.5 Å². The summed E-state index contributed by atoms with van der Waals surface area (Å²) in [5.74, 6) is 0.380. The Labute approximate surface area is 128 Å². The quantitative estimate of drug-likeness (QED) is 0.850. The van der Waals surface area contributed by atoms with Gasteiger partial charge in [0.2, 0.25) is 0 Å². The molecule has 0 radical (unpaired) electrons. The van der Waals surface area contributed by atoms with E-state index in [1.165, 1.54) is 12.1 Å². The van der Waals surface area contributed by atoms with Gasteiger partial charge in [-0.2, -0.15) is 0 Å². The van der Waals surface area contributed by atoms with Crippen LogP contribution in [0.2, 0.25) is 0 Å². The van der Waals surface area contributed by atoms with Crippen molar-refractivity contribution in [2.45, 2.75) is 6.92 Å². The lowest BCUT2D eigenvalue weighted by molar-refractivity contribution is 0.0740. The average molecular weight is 300 g/mol. The minimum atomic E-state index is -0.392. The minimum absolute atomic E-state index is 0.149. The van der Waals surface area contributed by atoms with Crippen LogP contribution in [-0.4, -0.2) is 47.0 Å². The summed E-state index contributed by atoms with van der Waals surface area (Å²) in [4.78, 5) is 24.7. The van der Waals surface area contributed by atoms with Gasteiger partial charge in [-0.1, -0.05) is 6.07 Å². The Morgan fingerprint density at radius 2 is 1.91 bits per heavy atom. The molecule has 0 unspecified atom stereocenters. The molecule has 1 saturated heterocycles. The van der Waals surface area contributed by atoms with Crippen molar-refractivity contribution in [1.29, 1.82) is 0 Å². The zero-order valence-corrected chi connectivity index (χ0v) is 12.4. The number of halogens is 1. The maximum Gasteiger partial charge on any atom is 0.272 e. The molecule has 2 aromatic heterocycles. The van der Waals surface area contributed by atoms with Gasteiger partial charge in [-0.15, -0.1) is 0 Å². The van der Waals surface area contributed by atoms with E-state index in [4.69, 9.17) is 0 Å². The van der Waals surface area contributed by atoms with Crippen LogP contribution in [0.3, 0.4) is 0 Å². The number of aryl methyl sites for hydroxylation is 1. The topological polar surface area (TPSA) is 49.3 Å². The normalized spacial score (nSPS) is 15.0. The molecule has 5 nitrogen and oxygen atoms in total. The van der Waals surface area contributed by atoms with Crippen LogP contribution in [0.4, 0.5) is 10.2 Å². The lowest BCUT2D eigenvalue weighted by atomic mass is 10.2. The molecule has 0 spiro atoms. The molecule has 22 heavy (non-hydrogen) atoms. The van der Waals surface area contributed by atoms with E-state index in [1.807, 2.05) is 18.2 Å². The van der Waals surface area contributed by atoms with E-state index < -0.39 is 5.82 Å². The second-order valence-corrected chi connectivity index (χ2v) is 5.23. The lowest BCUT2D eigenvalue weighted by Crippen LogP contribution is -2.49. The molecule has 0 atom stereocenters. The first-order valence-electron chi connectivity index (χ1n) is 7.23. The van der Waals surface area contributed by atoms with Crippen LogP contribution < -0.4 is 4.90 Å². The number of rotatable bonds is 2. The molecular formula is C16H17FN4O. The van der Waals surface area contributed by atoms with Gasteiger partial charge in [-0.05, 0) is 31.2 Å². The maximum atomic E-state index is 13.2. The summed E-state index contributed by atoms with van der Waals surface area (Å²) in [6.45, 7) is 4.22. The summed E-state index contributed by atoms with van der Waals surface area (Å²) in [5, 5.41) is 0. The Kier molecular flexibility index (Phi) is 4.00. The Bertz CT molecular complexity index is 669. The smallest absolute Gasteiger partial charge is 0.272 e. The SMILES string of the molecule is Cc1nc(C(=O)N2CCN(c3ccccn3)CC2)ccc1F. The number of hydrogen-bond donors (Lipinski definition) is 0. The van der Waals surface area contributed by atoms with Gasteiger partial charge in [0, 0.05) is 32.4 Å². The number of carbonyl (C=O) groups excluding carboxylic acids is 1. The number of anilines is 1. The van der Waals surface area contributed by atoms with E-state index >= 15 is 0 Å². The van der Waals surface area contributed by atoms with Crippen molar-refractivity contribution in [2.24, 2.45) is 0 Å². The number of hydrogen-bond acceptors (Lipinski definition) is 4. The van der Waals surface area contributed by atoms with Crippen molar-refractivity contribution in [3.63, 3.8) is 0 Å². The fourth-order valence-corrected chi connectivity index (χ4v) is 2.50. The fourth-order valence-electron chi connectivity index (χ4n) is 2.50. The zero-order chi connectivity index (χ0) is 15.5. The second-order valence-electron chi connectivity index (χ2n) is 5.23. The lowest BCUT2D eigenvalue weighted by Gasteiger charge is -2.35. The van der Waals surface area contributed by atoms with E-state index in [0.717, 1.165) is 18.9 Å². The Hall–Kier alpha value is -2.50. The van der Waals surface area contributed by atoms with E-state index in [9.17, 15) is 9.18 Å². The number of nitrogens with zero attached hydrogens (tertiary/aromatic N) is 4. The highest BCUT2D eigenvalue weighted by molar-refractivity contribution is 5.92. The van der Waals surface area contributed by atoms with Crippen LogP contribution in [0.25, 0.3) is 0 Å². The fraction of sp³-hybridized carbons (Fsp3) is 0.312. The highest BCUT2D eigenvalue weighted by Crippen LogP contribution is 2.14. The molecule has 3 rings (SSSR count). The molecule has 1 aliphatic heterocycles. The molecule has 2 aromatic rings. The number of amides is 1. The van der Waals surface area contributed by atoms with Gasteiger partial charge in [0.05, 0.1) is 5.69 Å². The first-order chi connectivity index (χ1) is 10.6. The average Bonchev–Trinajstić information content (AvgIpc) is 2.58. The highest BCUT2D eigenvalue weighted by atomic mass is 19.1. The summed E-state index contributed by atoms with van der Waals surface area (Å²) in [6.07, 6.45) is 1.76. The summed E-state index contributed by atoms with van der Waals surface area (Å²) < 4.78 is 13.2. The Balaban J connectivity index is 1.66. The molecule has 1 aliphatic rings. The molecule has 3 heterocycles. The van der Waals surface area contributed by atoms with Crippen molar-refractivity contribution < 1.29 is 9.18 Å². The summed E-state index contributed by atoms with van der Waals surface area (Å²) in [5.41, 5.74) is 0.545. The molecular weight excluding hydrogens is 283 g/mol. The number of aromatic nitrogens is 2. The van der Waals surface area contributed by atoms with Gasteiger partial charge in [-0.3, -0.25) is 4.79 Å². The predicted molar refractivity (Wildman–Crippen MR) is 81.3 cm³/mol. The van der Waals surface area contributed by atoms with Crippen LogP contribution in [0, 0.1) is 12.7 Å². The molecule has 1 fully saturated rings. The monoisotopic (exact) mass is 300 g/mol. The van der Waals surface area contributed by atoms with Crippen molar-refractivity contribution in [1.82, 2.24) is 14.9 Å². The van der Waals surface area contributed by atoms with Crippen LogP contribution in [0.5, 0.6) is 0 Å². The molecule has 6 heteroatoms. The predicted octanol–water partition coefficient (Wildman–Crippen LogP) is 1.89. The van der Waals surface area contributed by atoms with E-state index in [1.54, 1.807) is 18.0 Å². The van der Waals surface area contributed by atoms with Gasteiger partial charge >= 0.3 is 0 Å². The molecule has 0 aromatic carbocycles. The highest BCUT2D eigenvalue weighted by Gasteiger charge is 2.23. The largest absolute Gasteiger partial charge is 0.353 e. The van der Waals surface area contributed by atoms with Crippen LogP contribution in [-0.2, 0) is 0 Å². The van der Waals surface area contributed by atoms with Gasteiger partial charge in [0.25, 0.3) is 5.91 Å². The third kappa shape index (κ3) is 2.90. The van der Waals surface area contributed by atoms with E-state index in [0.29, 0.717) is 18.8 Å². The maximum absolute atomic E-state index is 13.2. The third-order valence-corrected chi connectivity index (χ3v) is 3.78. The van der Waals surface area contributed by atoms with Crippen LogP contribution >= 0.6 is 0 Å². The number of piperazine rings is 1. The van der Waals surface area contributed by atoms with Gasteiger partial charge in [-0.25, -0.2) is 14.4 Å². The number of pyridine rings is 2. The van der Waals surface area contributed by atoms with Crippen molar-refractivity contribution >= 4 is 11.7 Å². The summed E-state index contributed by atoms with van der Waals surface area (Å²) >= 11 is 0. The summed E-state index contributed by atoms with van der Waals surface area (Å²) in [7, 11) is 0. The Morgan fingerprint density at radius 3 is 2.55 bits per heavy atom. The van der Waals surface area contributed by atoms with Crippen molar-refractivity contribution in [3.8, 4) is 0 Å². The second kappa shape index (κ2) is 6.09. The minimum Gasteiger partial charge on any atom is -0.353 e. The van der Waals surface area contributed by atoms with Gasteiger partial charge in [0.15, 0.2) is 0 Å². The van der Waals surface area contributed by atoms with E-state index in [2.05, 4.69) is 14.9 Å². The van der Waals surface area contributed by atoms with E-state index in [-0.39, 0.29) is 11.6 Å². The molecule has 114 valence electrons. The molecule has 0 saturated carbocycles. The molecule has 1 amide bonds. The van der Waals surface area contributed by atoms with Gasteiger partial charge in [0.1, 0.15) is 17.3 Å². The molecule has 0 bridgehead atoms. The summed E-state index contributed by atoms with van der Waals surface area (Å²) in [6, 6.07) is 8.52. The van der Waals surface area contributed by atoms with Crippen molar-refractivity contribution in [2.75, 3.05) is 31.1 Å². The molecule has 0 aliphatic carbocycles. The Morgan fingerprint density at radius 1 is 1.14 bits per heavy atom. The van der Waals surface area contributed by atoms with Crippen LogP contribution in [0.1, 0.15) is 16.2 Å². The zero-order valence-electron chi connectivity index (χ0n) is 12.4. The standard InChI is InChI=1S/C16H17FN4O/c1-12-13(17)5-6-14(19-12)16(22)21-10-8-20(9-11-21)15-4-2-3-7-18-15/h2-7H,8-11H2,1H3. The number of carbonyl (C=O) groups is 1.